The SMILES string of the molecule is CCCO[C@@H]1CN(Cc2cccc(Cl)c2)C(=O)[C@]2(CCCNC2)C1. The van der Waals surface area contributed by atoms with Gasteiger partial charge in [-0.25, -0.2) is 0 Å². The molecule has 1 amide bonds. The molecular formula is C19H27ClN2O2. The lowest BCUT2D eigenvalue weighted by molar-refractivity contribution is -0.157. The fourth-order valence-corrected chi connectivity index (χ4v) is 4.18. The van der Waals surface area contributed by atoms with E-state index in [0.717, 1.165) is 50.9 Å². The van der Waals surface area contributed by atoms with Gasteiger partial charge in [-0.1, -0.05) is 30.7 Å². The highest BCUT2D eigenvalue weighted by Gasteiger charge is 2.47. The molecule has 2 fully saturated rings. The normalized spacial score (nSPS) is 27.7. The standard InChI is InChI=1S/C19H27ClN2O2/c1-2-9-24-17-11-19(7-4-8-21-14-19)18(23)22(13-17)12-15-5-3-6-16(20)10-15/h3,5-6,10,17,21H,2,4,7-9,11-14H2,1H3/t17-,19+/m0/s1. The third-order valence-corrected chi connectivity index (χ3v) is 5.31. The molecule has 1 spiro atoms. The Morgan fingerprint density at radius 1 is 1.46 bits per heavy atom. The summed E-state index contributed by atoms with van der Waals surface area (Å²) in [6.07, 6.45) is 3.98. The Labute approximate surface area is 149 Å². The monoisotopic (exact) mass is 350 g/mol. The van der Waals surface area contributed by atoms with Crippen LogP contribution in [0.2, 0.25) is 5.02 Å². The highest BCUT2D eigenvalue weighted by atomic mass is 35.5. The topological polar surface area (TPSA) is 41.6 Å². The molecule has 4 nitrogen and oxygen atoms in total. The smallest absolute Gasteiger partial charge is 0.230 e. The average molecular weight is 351 g/mol. The van der Waals surface area contributed by atoms with Gasteiger partial charge in [0, 0.05) is 31.3 Å². The van der Waals surface area contributed by atoms with Gasteiger partial charge in [0.2, 0.25) is 5.91 Å². The molecule has 2 heterocycles. The van der Waals surface area contributed by atoms with Crippen LogP contribution in [0.1, 0.15) is 38.2 Å². The number of carbonyl (C=O) groups is 1. The van der Waals surface area contributed by atoms with Gasteiger partial charge in [0.25, 0.3) is 0 Å². The van der Waals surface area contributed by atoms with E-state index < -0.39 is 0 Å². The molecule has 24 heavy (non-hydrogen) atoms. The first-order chi connectivity index (χ1) is 11.6. The number of nitrogens with zero attached hydrogens (tertiary/aromatic N) is 1. The second kappa shape index (κ2) is 7.85. The van der Waals surface area contributed by atoms with Crippen molar-refractivity contribution in [1.82, 2.24) is 10.2 Å². The van der Waals surface area contributed by atoms with E-state index in [1.54, 1.807) is 0 Å². The van der Waals surface area contributed by atoms with Crippen molar-refractivity contribution in [2.45, 2.75) is 45.3 Å². The number of halogens is 1. The summed E-state index contributed by atoms with van der Waals surface area (Å²) < 4.78 is 6.05. The lowest BCUT2D eigenvalue weighted by Crippen LogP contribution is -2.59. The van der Waals surface area contributed by atoms with E-state index in [1.165, 1.54) is 0 Å². The fourth-order valence-electron chi connectivity index (χ4n) is 3.96. The Kier molecular flexibility index (Phi) is 5.80. The number of likely N-dealkylation sites (tertiary alicyclic amines) is 1. The predicted octanol–water partition coefficient (Wildman–Crippen LogP) is 3.24. The lowest BCUT2D eigenvalue weighted by Gasteiger charge is -2.47. The molecular weight excluding hydrogens is 324 g/mol. The van der Waals surface area contributed by atoms with Crippen LogP contribution in [-0.2, 0) is 16.1 Å². The summed E-state index contributed by atoms with van der Waals surface area (Å²) >= 11 is 6.10. The van der Waals surface area contributed by atoms with Gasteiger partial charge >= 0.3 is 0 Å². The van der Waals surface area contributed by atoms with E-state index in [1.807, 2.05) is 29.2 Å². The Morgan fingerprint density at radius 3 is 3.04 bits per heavy atom. The Hall–Kier alpha value is -1.10. The zero-order valence-electron chi connectivity index (χ0n) is 14.4. The maximum Gasteiger partial charge on any atom is 0.230 e. The molecule has 5 heteroatoms. The number of hydrogen-bond acceptors (Lipinski definition) is 3. The van der Waals surface area contributed by atoms with Crippen LogP contribution in [0.5, 0.6) is 0 Å². The number of ether oxygens (including phenoxy) is 1. The zero-order chi connectivity index (χ0) is 17.0. The fraction of sp³-hybridized carbons (Fsp3) is 0.632. The number of rotatable bonds is 5. The van der Waals surface area contributed by atoms with Crippen LogP contribution in [0.4, 0.5) is 0 Å². The summed E-state index contributed by atoms with van der Waals surface area (Å²) in [5.41, 5.74) is 0.777. The van der Waals surface area contributed by atoms with Crippen LogP contribution in [0.25, 0.3) is 0 Å². The number of nitrogens with one attached hydrogen (secondary N) is 1. The van der Waals surface area contributed by atoms with Gasteiger partial charge in [0.05, 0.1) is 11.5 Å². The van der Waals surface area contributed by atoms with Crippen molar-refractivity contribution < 1.29 is 9.53 Å². The lowest BCUT2D eigenvalue weighted by atomic mass is 9.72. The molecule has 0 radical (unpaired) electrons. The molecule has 0 aliphatic carbocycles. The molecule has 3 rings (SSSR count). The van der Waals surface area contributed by atoms with E-state index in [9.17, 15) is 4.79 Å². The maximum atomic E-state index is 13.2. The summed E-state index contributed by atoms with van der Waals surface area (Å²) in [7, 11) is 0. The molecule has 2 saturated heterocycles. The average Bonchev–Trinajstić information content (AvgIpc) is 2.58. The molecule has 1 N–H and O–H groups in total. The Balaban J connectivity index is 1.78. The molecule has 1 aromatic carbocycles. The van der Waals surface area contributed by atoms with E-state index in [-0.39, 0.29) is 17.4 Å². The molecule has 2 aliphatic rings. The molecule has 1 aromatic rings. The van der Waals surface area contributed by atoms with Crippen molar-refractivity contribution in [3.8, 4) is 0 Å². The second-order valence-corrected chi connectivity index (χ2v) is 7.51. The van der Waals surface area contributed by atoms with Gasteiger partial charge < -0.3 is 15.0 Å². The first-order valence-electron chi connectivity index (χ1n) is 8.99. The minimum atomic E-state index is -0.298. The van der Waals surface area contributed by atoms with Crippen LogP contribution in [0, 0.1) is 5.41 Å². The quantitative estimate of drug-likeness (QED) is 0.886. The first-order valence-corrected chi connectivity index (χ1v) is 9.37. The number of hydrogen-bond donors (Lipinski definition) is 1. The second-order valence-electron chi connectivity index (χ2n) is 7.07. The molecule has 0 unspecified atom stereocenters. The molecule has 132 valence electrons. The van der Waals surface area contributed by atoms with Crippen LogP contribution in [-0.4, -0.2) is 43.2 Å². The third kappa shape index (κ3) is 3.93. The molecule has 0 saturated carbocycles. The van der Waals surface area contributed by atoms with Gasteiger partial charge in [-0.2, -0.15) is 0 Å². The summed E-state index contributed by atoms with van der Waals surface area (Å²) in [5, 5.41) is 4.13. The minimum absolute atomic E-state index is 0.127. The first kappa shape index (κ1) is 17.7. The molecule has 0 bridgehead atoms. The summed E-state index contributed by atoms with van der Waals surface area (Å²) in [6, 6.07) is 7.77. The molecule has 2 atom stereocenters. The minimum Gasteiger partial charge on any atom is -0.376 e. The van der Waals surface area contributed by atoms with Crippen molar-refractivity contribution in [2.24, 2.45) is 5.41 Å². The van der Waals surface area contributed by atoms with E-state index in [0.29, 0.717) is 18.1 Å². The van der Waals surface area contributed by atoms with Crippen molar-refractivity contribution in [3.63, 3.8) is 0 Å². The van der Waals surface area contributed by atoms with Crippen LogP contribution in [0.3, 0.4) is 0 Å². The van der Waals surface area contributed by atoms with Crippen molar-refractivity contribution in [3.05, 3.63) is 34.9 Å². The Morgan fingerprint density at radius 2 is 2.33 bits per heavy atom. The third-order valence-electron chi connectivity index (χ3n) is 5.08. The van der Waals surface area contributed by atoms with Gasteiger partial charge in [-0.05, 0) is 49.9 Å². The molecule has 2 aliphatic heterocycles. The van der Waals surface area contributed by atoms with Gasteiger partial charge in [-0.3, -0.25) is 4.79 Å². The van der Waals surface area contributed by atoms with E-state index in [2.05, 4.69) is 12.2 Å². The molecule has 0 aromatic heterocycles. The summed E-state index contributed by atoms with van der Waals surface area (Å²) in [4.78, 5) is 15.2. The number of piperidine rings is 2. The van der Waals surface area contributed by atoms with Gasteiger partial charge in [-0.15, -0.1) is 0 Å². The highest BCUT2D eigenvalue weighted by molar-refractivity contribution is 6.30. The zero-order valence-corrected chi connectivity index (χ0v) is 15.1. The number of benzene rings is 1. The van der Waals surface area contributed by atoms with Gasteiger partial charge in [0.1, 0.15) is 0 Å². The van der Waals surface area contributed by atoms with Crippen molar-refractivity contribution in [1.29, 1.82) is 0 Å². The predicted molar refractivity (Wildman–Crippen MR) is 96.1 cm³/mol. The Bertz CT molecular complexity index is 572. The van der Waals surface area contributed by atoms with Crippen LogP contribution < -0.4 is 5.32 Å². The van der Waals surface area contributed by atoms with E-state index in [4.69, 9.17) is 16.3 Å². The van der Waals surface area contributed by atoms with Crippen LogP contribution >= 0.6 is 11.6 Å². The van der Waals surface area contributed by atoms with Gasteiger partial charge in [0.15, 0.2) is 0 Å². The largest absolute Gasteiger partial charge is 0.376 e. The van der Waals surface area contributed by atoms with Crippen molar-refractivity contribution >= 4 is 17.5 Å². The number of amides is 1. The van der Waals surface area contributed by atoms with Crippen LogP contribution in [0.15, 0.2) is 24.3 Å². The summed E-state index contributed by atoms with van der Waals surface area (Å²) in [6.45, 7) is 5.93. The highest BCUT2D eigenvalue weighted by Crippen LogP contribution is 2.38. The maximum absolute atomic E-state index is 13.2. The summed E-state index contributed by atoms with van der Waals surface area (Å²) in [5.74, 6) is 0.269. The number of carbonyl (C=O) groups excluding carboxylic acids is 1. The van der Waals surface area contributed by atoms with Crippen molar-refractivity contribution in [2.75, 3.05) is 26.2 Å². The van der Waals surface area contributed by atoms with E-state index >= 15 is 0 Å².